The molecule has 0 atom stereocenters. The highest BCUT2D eigenvalue weighted by atomic mass is 16.1. The molecule has 5 rings (SSSR count). The van der Waals surface area contributed by atoms with Crippen molar-refractivity contribution in [1.29, 1.82) is 0 Å². The van der Waals surface area contributed by atoms with E-state index in [-0.39, 0.29) is 5.56 Å². The Bertz CT molecular complexity index is 1230. The molecule has 0 amide bonds. The van der Waals surface area contributed by atoms with E-state index in [1.54, 1.807) is 12.4 Å². The normalized spacial score (nSPS) is 13.9. The number of H-pyrrole nitrogens is 1. The quantitative estimate of drug-likeness (QED) is 0.572. The number of para-hydroxylation sites is 1. The van der Waals surface area contributed by atoms with Crippen LogP contribution in [0, 0.1) is 6.92 Å². The Morgan fingerprint density at radius 1 is 1.10 bits per heavy atom. The molecule has 3 aromatic heterocycles. The number of aromatic amines is 1. The van der Waals surface area contributed by atoms with Crippen LogP contribution in [0.2, 0.25) is 0 Å². The average Bonchev–Trinajstić information content (AvgIpc) is 3.15. The number of hydrogen-bond acceptors (Lipinski definition) is 5. The molecular formula is C23H22N6O. The Hall–Kier alpha value is -3.58. The summed E-state index contributed by atoms with van der Waals surface area (Å²) in [4.78, 5) is 26.7. The lowest BCUT2D eigenvalue weighted by molar-refractivity contribution is 0.241. The zero-order chi connectivity index (χ0) is 20.5. The molecule has 7 nitrogen and oxygen atoms in total. The maximum absolute atomic E-state index is 12.8. The molecule has 0 unspecified atom stereocenters. The van der Waals surface area contributed by atoms with Crippen LogP contribution in [-0.2, 0) is 19.5 Å². The van der Waals surface area contributed by atoms with Gasteiger partial charge in [-0.05, 0) is 31.2 Å². The zero-order valence-electron chi connectivity index (χ0n) is 16.7. The van der Waals surface area contributed by atoms with Gasteiger partial charge in [-0.15, -0.1) is 0 Å². The predicted molar refractivity (Wildman–Crippen MR) is 114 cm³/mol. The Morgan fingerprint density at radius 3 is 2.70 bits per heavy atom. The summed E-state index contributed by atoms with van der Waals surface area (Å²) in [5.74, 6) is 0.606. The predicted octanol–water partition coefficient (Wildman–Crippen LogP) is 2.88. The van der Waals surface area contributed by atoms with Gasteiger partial charge in [0, 0.05) is 55.8 Å². The minimum absolute atomic E-state index is 0.0618. The first-order chi connectivity index (χ1) is 14.7. The fourth-order valence-electron chi connectivity index (χ4n) is 3.87. The van der Waals surface area contributed by atoms with Crippen LogP contribution in [0.5, 0.6) is 0 Å². The molecule has 0 saturated carbocycles. The second-order valence-electron chi connectivity index (χ2n) is 7.56. The number of fused-ring (bicyclic) bond motifs is 1. The first-order valence-electron chi connectivity index (χ1n) is 10.0. The number of rotatable bonds is 4. The van der Waals surface area contributed by atoms with Crippen LogP contribution in [0.1, 0.15) is 22.5 Å². The largest absolute Gasteiger partial charge is 0.306 e. The van der Waals surface area contributed by atoms with E-state index >= 15 is 0 Å². The van der Waals surface area contributed by atoms with Crippen LogP contribution in [0.3, 0.4) is 0 Å². The van der Waals surface area contributed by atoms with Gasteiger partial charge >= 0.3 is 0 Å². The van der Waals surface area contributed by atoms with Crippen LogP contribution in [0.15, 0.2) is 65.8 Å². The first-order valence-corrected chi connectivity index (χ1v) is 10.0. The molecule has 1 aliphatic heterocycles. The summed E-state index contributed by atoms with van der Waals surface area (Å²) in [7, 11) is 0. The van der Waals surface area contributed by atoms with E-state index < -0.39 is 0 Å². The van der Waals surface area contributed by atoms with Crippen molar-refractivity contribution in [2.24, 2.45) is 0 Å². The number of aryl methyl sites for hydroxylation is 1. The molecule has 1 aromatic carbocycles. The Morgan fingerprint density at radius 2 is 1.90 bits per heavy atom. The number of benzene rings is 1. The van der Waals surface area contributed by atoms with Crippen LogP contribution in [0.25, 0.3) is 17.1 Å². The second-order valence-corrected chi connectivity index (χ2v) is 7.56. The summed E-state index contributed by atoms with van der Waals surface area (Å²) < 4.78 is 1.91. The Labute approximate surface area is 174 Å². The molecule has 1 N–H and O–H groups in total. The van der Waals surface area contributed by atoms with Crippen molar-refractivity contribution in [3.63, 3.8) is 0 Å². The summed E-state index contributed by atoms with van der Waals surface area (Å²) in [6.45, 7) is 4.23. The minimum atomic E-state index is -0.0618. The van der Waals surface area contributed by atoms with E-state index in [0.717, 1.165) is 47.7 Å². The van der Waals surface area contributed by atoms with Gasteiger partial charge in [0.25, 0.3) is 5.56 Å². The van der Waals surface area contributed by atoms with Gasteiger partial charge in [-0.3, -0.25) is 14.7 Å². The number of hydrogen-bond donors (Lipinski definition) is 1. The standard InChI is InChI=1S/C23H22N6O/c1-16-18(14-29(27-16)19-5-3-2-4-6-19)13-28-12-9-21-20(15-28)23(30)26-22(25-21)17-7-10-24-11-8-17/h2-8,10-11,14H,9,12-13,15H2,1H3,(H,25,26,30). The molecule has 0 saturated heterocycles. The van der Waals surface area contributed by atoms with Crippen LogP contribution >= 0.6 is 0 Å². The monoisotopic (exact) mass is 398 g/mol. The third-order valence-electron chi connectivity index (χ3n) is 5.52. The Kier molecular flexibility index (Phi) is 4.72. The lowest BCUT2D eigenvalue weighted by Crippen LogP contribution is -2.35. The topological polar surface area (TPSA) is 79.7 Å². The second kappa shape index (κ2) is 7.68. The van der Waals surface area contributed by atoms with Gasteiger partial charge in [-0.1, -0.05) is 18.2 Å². The number of pyridine rings is 1. The smallest absolute Gasteiger partial charge is 0.255 e. The molecule has 0 bridgehead atoms. The van der Waals surface area contributed by atoms with Crippen molar-refractivity contribution in [3.05, 3.63) is 93.9 Å². The van der Waals surface area contributed by atoms with E-state index in [1.165, 1.54) is 5.56 Å². The van der Waals surface area contributed by atoms with Crippen molar-refractivity contribution in [3.8, 4) is 17.1 Å². The molecule has 0 fully saturated rings. The molecule has 7 heteroatoms. The number of aromatic nitrogens is 5. The third kappa shape index (κ3) is 3.55. The summed E-state index contributed by atoms with van der Waals surface area (Å²) >= 11 is 0. The van der Waals surface area contributed by atoms with Gasteiger partial charge < -0.3 is 4.98 Å². The van der Waals surface area contributed by atoms with E-state index in [4.69, 9.17) is 4.98 Å². The van der Waals surface area contributed by atoms with Crippen LogP contribution in [0.4, 0.5) is 0 Å². The molecule has 150 valence electrons. The number of nitrogens with zero attached hydrogens (tertiary/aromatic N) is 5. The summed E-state index contributed by atoms with van der Waals surface area (Å²) in [6, 6.07) is 13.8. The lowest BCUT2D eigenvalue weighted by atomic mass is 10.1. The molecule has 0 radical (unpaired) electrons. The van der Waals surface area contributed by atoms with Gasteiger partial charge in [-0.2, -0.15) is 5.10 Å². The van der Waals surface area contributed by atoms with Crippen LogP contribution < -0.4 is 5.56 Å². The summed E-state index contributed by atoms with van der Waals surface area (Å²) in [6.07, 6.45) is 6.24. The SMILES string of the molecule is Cc1nn(-c2ccccc2)cc1CN1CCc2nc(-c3ccncc3)[nH]c(=O)c2C1. The van der Waals surface area contributed by atoms with Gasteiger partial charge in [0.15, 0.2) is 0 Å². The molecule has 0 spiro atoms. The fraction of sp³-hybridized carbons (Fsp3) is 0.217. The van der Waals surface area contributed by atoms with Gasteiger partial charge in [0.2, 0.25) is 0 Å². The van der Waals surface area contributed by atoms with E-state index in [1.807, 2.05) is 54.1 Å². The van der Waals surface area contributed by atoms with E-state index in [0.29, 0.717) is 12.4 Å². The van der Waals surface area contributed by atoms with Crippen molar-refractivity contribution in [2.45, 2.75) is 26.4 Å². The Balaban J connectivity index is 1.37. The molecule has 4 aromatic rings. The highest BCUT2D eigenvalue weighted by Crippen LogP contribution is 2.21. The molecule has 1 aliphatic rings. The zero-order valence-corrected chi connectivity index (χ0v) is 16.7. The molecular weight excluding hydrogens is 376 g/mol. The minimum Gasteiger partial charge on any atom is -0.306 e. The van der Waals surface area contributed by atoms with E-state index in [9.17, 15) is 4.79 Å². The summed E-state index contributed by atoms with van der Waals surface area (Å²) in [5, 5.41) is 4.66. The van der Waals surface area contributed by atoms with Crippen molar-refractivity contribution in [2.75, 3.05) is 6.54 Å². The van der Waals surface area contributed by atoms with Gasteiger partial charge in [0.1, 0.15) is 5.82 Å². The van der Waals surface area contributed by atoms with Crippen molar-refractivity contribution in [1.82, 2.24) is 29.6 Å². The highest BCUT2D eigenvalue weighted by Gasteiger charge is 2.22. The molecule has 30 heavy (non-hydrogen) atoms. The van der Waals surface area contributed by atoms with Crippen molar-refractivity contribution >= 4 is 0 Å². The summed E-state index contributed by atoms with van der Waals surface area (Å²) in [5.41, 5.74) is 5.67. The van der Waals surface area contributed by atoms with Gasteiger partial charge in [-0.25, -0.2) is 9.67 Å². The average molecular weight is 398 g/mol. The first kappa shape index (κ1) is 18.4. The number of nitrogens with one attached hydrogen (secondary N) is 1. The third-order valence-corrected chi connectivity index (χ3v) is 5.52. The van der Waals surface area contributed by atoms with Gasteiger partial charge in [0.05, 0.1) is 22.6 Å². The molecule has 4 heterocycles. The maximum Gasteiger partial charge on any atom is 0.255 e. The highest BCUT2D eigenvalue weighted by molar-refractivity contribution is 5.54. The van der Waals surface area contributed by atoms with Crippen molar-refractivity contribution < 1.29 is 0 Å². The fourth-order valence-corrected chi connectivity index (χ4v) is 3.87. The van der Waals surface area contributed by atoms with E-state index in [2.05, 4.69) is 26.2 Å². The van der Waals surface area contributed by atoms with Crippen LogP contribution in [-0.4, -0.2) is 36.2 Å². The molecule has 0 aliphatic carbocycles. The lowest BCUT2D eigenvalue weighted by Gasteiger charge is -2.27. The maximum atomic E-state index is 12.8.